The molecule has 1 amide bonds. The van der Waals surface area contributed by atoms with Crippen molar-refractivity contribution in [1.29, 1.82) is 0 Å². The second-order valence-electron chi connectivity index (χ2n) is 7.90. The number of aliphatic hydroxyl groups is 1. The van der Waals surface area contributed by atoms with Crippen LogP contribution in [0.3, 0.4) is 0 Å². The number of hydrogen-bond donors (Lipinski definition) is 2. The fourth-order valence-electron chi connectivity index (χ4n) is 4.05. The van der Waals surface area contributed by atoms with Crippen molar-refractivity contribution in [3.8, 4) is 0 Å². The summed E-state index contributed by atoms with van der Waals surface area (Å²) >= 11 is 0. The second kappa shape index (κ2) is 9.62. The first kappa shape index (κ1) is 22.8. The molecule has 2 aromatic carbocycles. The number of fused-ring (bicyclic) bond motifs is 1. The first-order valence-electron chi connectivity index (χ1n) is 10.6. The summed E-state index contributed by atoms with van der Waals surface area (Å²) in [6.45, 7) is 3.44. The third kappa shape index (κ3) is 4.70. The molecule has 0 spiro atoms. The number of benzene rings is 2. The first-order valence-corrected chi connectivity index (χ1v) is 10.6. The van der Waals surface area contributed by atoms with Gasteiger partial charge < -0.3 is 20.2 Å². The molecule has 0 radical (unpaired) electrons. The van der Waals surface area contributed by atoms with Crippen molar-refractivity contribution in [2.45, 2.75) is 19.4 Å². The van der Waals surface area contributed by atoms with Crippen LogP contribution in [-0.4, -0.2) is 58.9 Å². The molecule has 1 aromatic heterocycles. The van der Waals surface area contributed by atoms with E-state index in [1.54, 1.807) is 11.8 Å². The SMILES string of the molecule is C[C@@H](Nc1cnnc2ccc(N3CCN(C(=O)CO)CC3)cc12)c1cccc(C(F)F)c1F. The van der Waals surface area contributed by atoms with Crippen LogP contribution >= 0.6 is 0 Å². The molecule has 0 unspecified atom stereocenters. The molecular formula is C23H24F3N5O2. The average molecular weight is 459 g/mol. The molecule has 1 fully saturated rings. The number of hydrogen-bond acceptors (Lipinski definition) is 6. The van der Waals surface area contributed by atoms with E-state index >= 15 is 0 Å². The van der Waals surface area contributed by atoms with Gasteiger partial charge in [-0.05, 0) is 25.1 Å². The van der Waals surface area contributed by atoms with Gasteiger partial charge in [0.2, 0.25) is 5.91 Å². The predicted octanol–water partition coefficient (Wildman–Crippen LogP) is 3.52. The Hall–Kier alpha value is -3.40. The van der Waals surface area contributed by atoms with Gasteiger partial charge in [0.1, 0.15) is 12.4 Å². The number of aromatic nitrogens is 2. The van der Waals surface area contributed by atoms with Gasteiger partial charge in [-0.3, -0.25) is 4.79 Å². The van der Waals surface area contributed by atoms with Crippen LogP contribution in [0, 0.1) is 5.82 Å². The molecule has 10 heteroatoms. The molecule has 3 aromatic rings. The standard InChI is InChI=1S/C23H24F3N5O2/c1-14(16-3-2-4-17(22(16)24)23(25)26)28-20-12-27-29-19-6-5-15(11-18(19)20)30-7-9-31(10-8-30)21(33)13-32/h2-6,11-12,14,23,32H,7-10,13H2,1H3,(H,28,29)/t14-/m1/s1. The van der Waals surface area contributed by atoms with Crippen molar-refractivity contribution in [1.82, 2.24) is 15.1 Å². The lowest BCUT2D eigenvalue weighted by molar-refractivity contribution is -0.134. The van der Waals surface area contributed by atoms with Gasteiger partial charge in [0.15, 0.2) is 0 Å². The van der Waals surface area contributed by atoms with E-state index in [9.17, 15) is 18.0 Å². The Bertz CT molecular complexity index is 1150. The maximum absolute atomic E-state index is 14.6. The lowest BCUT2D eigenvalue weighted by atomic mass is 10.0. The molecule has 4 rings (SSSR count). The van der Waals surface area contributed by atoms with Crippen LogP contribution in [0.4, 0.5) is 24.5 Å². The summed E-state index contributed by atoms with van der Waals surface area (Å²) < 4.78 is 40.8. The molecule has 2 heterocycles. The summed E-state index contributed by atoms with van der Waals surface area (Å²) in [6.07, 6.45) is -1.37. The molecule has 0 aliphatic carbocycles. The largest absolute Gasteiger partial charge is 0.387 e. The molecule has 1 aliphatic rings. The Labute approximate surface area is 188 Å². The average Bonchev–Trinajstić information content (AvgIpc) is 2.83. The Morgan fingerprint density at radius 1 is 1.15 bits per heavy atom. The van der Waals surface area contributed by atoms with E-state index in [0.29, 0.717) is 37.4 Å². The van der Waals surface area contributed by atoms with Gasteiger partial charge in [-0.25, -0.2) is 13.2 Å². The van der Waals surface area contributed by atoms with Crippen molar-refractivity contribution in [2.24, 2.45) is 0 Å². The molecule has 7 nitrogen and oxygen atoms in total. The van der Waals surface area contributed by atoms with Crippen LogP contribution in [0.1, 0.15) is 30.5 Å². The second-order valence-corrected chi connectivity index (χ2v) is 7.90. The lowest BCUT2D eigenvalue weighted by Gasteiger charge is -2.36. The molecule has 0 bridgehead atoms. The van der Waals surface area contributed by atoms with Crippen molar-refractivity contribution in [2.75, 3.05) is 43.0 Å². The van der Waals surface area contributed by atoms with Crippen LogP contribution in [0.5, 0.6) is 0 Å². The minimum atomic E-state index is -2.89. The summed E-state index contributed by atoms with van der Waals surface area (Å²) in [5.41, 5.74) is 1.67. The van der Waals surface area contributed by atoms with Gasteiger partial charge in [-0.2, -0.15) is 10.2 Å². The number of nitrogens with zero attached hydrogens (tertiary/aromatic N) is 4. The van der Waals surface area contributed by atoms with Crippen LogP contribution in [0.25, 0.3) is 10.9 Å². The summed E-state index contributed by atoms with van der Waals surface area (Å²) in [7, 11) is 0. The molecule has 0 saturated carbocycles. The third-order valence-corrected chi connectivity index (χ3v) is 5.89. The number of anilines is 2. The zero-order valence-electron chi connectivity index (χ0n) is 18.0. The van der Waals surface area contributed by atoms with Crippen molar-refractivity contribution in [3.05, 3.63) is 59.5 Å². The van der Waals surface area contributed by atoms with Crippen molar-refractivity contribution < 1.29 is 23.1 Å². The van der Waals surface area contributed by atoms with Crippen LogP contribution in [0.15, 0.2) is 42.6 Å². The molecule has 1 atom stereocenters. The Balaban J connectivity index is 1.58. The van der Waals surface area contributed by atoms with Gasteiger partial charge >= 0.3 is 0 Å². The normalized spacial score (nSPS) is 15.2. The first-order chi connectivity index (χ1) is 15.9. The number of aliphatic hydroxyl groups excluding tert-OH is 1. The number of carbonyl (C=O) groups is 1. The Morgan fingerprint density at radius 2 is 1.88 bits per heavy atom. The molecular weight excluding hydrogens is 435 g/mol. The van der Waals surface area contributed by atoms with E-state index in [2.05, 4.69) is 20.4 Å². The zero-order valence-corrected chi connectivity index (χ0v) is 18.0. The van der Waals surface area contributed by atoms with Gasteiger partial charge in [-0.15, -0.1) is 0 Å². The van der Waals surface area contributed by atoms with Crippen LogP contribution in [0.2, 0.25) is 0 Å². The quantitative estimate of drug-likeness (QED) is 0.587. The highest BCUT2D eigenvalue weighted by Gasteiger charge is 2.22. The third-order valence-electron chi connectivity index (χ3n) is 5.89. The lowest BCUT2D eigenvalue weighted by Crippen LogP contribution is -2.49. The minimum Gasteiger partial charge on any atom is -0.387 e. The number of alkyl halides is 2. The van der Waals surface area contributed by atoms with Crippen LogP contribution in [-0.2, 0) is 4.79 Å². The molecule has 1 aliphatic heterocycles. The maximum Gasteiger partial charge on any atom is 0.266 e. The fraction of sp³-hybridized carbons (Fsp3) is 0.348. The monoisotopic (exact) mass is 459 g/mol. The Kier molecular flexibility index (Phi) is 6.64. The van der Waals surface area contributed by atoms with Gasteiger partial charge in [0.25, 0.3) is 6.43 Å². The van der Waals surface area contributed by atoms with E-state index in [1.165, 1.54) is 18.3 Å². The molecule has 1 saturated heterocycles. The smallest absolute Gasteiger partial charge is 0.266 e. The van der Waals surface area contributed by atoms with Gasteiger partial charge in [-0.1, -0.05) is 18.2 Å². The minimum absolute atomic E-state index is 0.138. The van der Waals surface area contributed by atoms with E-state index < -0.39 is 30.5 Å². The number of rotatable bonds is 6. The van der Waals surface area contributed by atoms with Crippen molar-refractivity contribution >= 4 is 28.2 Å². The van der Waals surface area contributed by atoms with Gasteiger partial charge in [0, 0.05) is 42.8 Å². The summed E-state index contributed by atoms with van der Waals surface area (Å²) in [5, 5.41) is 21.1. The molecule has 174 valence electrons. The number of nitrogens with one attached hydrogen (secondary N) is 1. The van der Waals surface area contributed by atoms with E-state index in [4.69, 9.17) is 5.11 Å². The topological polar surface area (TPSA) is 81.6 Å². The Morgan fingerprint density at radius 3 is 2.58 bits per heavy atom. The summed E-state index contributed by atoms with van der Waals surface area (Å²) in [4.78, 5) is 15.4. The number of carbonyl (C=O) groups excluding carboxylic acids is 1. The fourth-order valence-corrected chi connectivity index (χ4v) is 4.05. The highest BCUT2D eigenvalue weighted by atomic mass is 19.3. The van der Waals surface area contributed by atoms with E-state index in [1.807, 2.05) is 18.2 Å². The number of amides is 1. The number of halogens is 3. The summed E-state index contributed by atoms with van der Waals surface area (Å²) in [6, 6.07) is 9.08. The van der Waals surface area contributed by atoms with Crippen molar-refractivity contribution in [3.63, 3.8) is 0 Å². The zero-order chi connectivity index (χ0) is 23.5. The van der Waals surface area contributed by atoms with E-state index in [-0.39, 0.29) is 11.5 Å². The van der Waals surface area contributed by atoms with E-state index in [0.717, 1.165) is 17.1 Å². The molecule has 33 heavy (non-hydrogen) atoms. The highest BCUT2D eigenvalue weighted by molar-refractivity contribution is 5.93. The predicted molar refractivity (Wildman–Crippen MR) is 119 cm³/mol. The van der Waals surface area contributed by atoms with Crippen LogP contribution < -0.4 is 10.2 Å². The number of piperazine rings is 1. The van der Waals surface area contributed by atoms with Gasteiger partial charge in [0.05, 0.1) is 29.0 Å². The highest BCUT2D eigenvalue weighted by Crippen LogP contribution is 2.32. The molecule has 2 N–H and O–H groups in total. The summed E-state index contributed by atoms with van der Waals surface area (Å²) in [5.74, 6) is -1.21. The maximum atomic E-state index is 14.6.